The molecular weight excluding hydrogens is 967 g/mol. The summed E-state index contributed by atoms with van der Waals surface area (Å²) in [6.07, 6.45) is 4.54. The summed E-state index contributed by atoms with van der Waals surface area (Å²) in [5, 5.41) is 12.8. The number of nitrogens with zero attached hydrogens (tertiary/aromatic N) is 3. The highest BCUT2D eigenvalue weighted by Gasteiger charge is 2.46. The molecule has 3 unspecified atom stereocenters. The molecule has 7 aromatic rings. The molecule has 3 aromatic heterocycles. The Kier molecular flexibility index (Phi) is 16.7. The van der Waals surface area contributed by atoms with Crippen LogP contribution in [0.15, 0.2) is 143 Å². The number of benzene rings is 4. The number of furan rings is 2. The molecule has 1 fully saturated rings. The Balaban J connectivity index is 0.709. The molecule has 4 N–H and O–H groups in total. The fourth-order valence-corrected chi connectivity index (χ4v) is 8.92. The number of hydrogen-bond donors (Lipinski definition) is 4. The molecule has 20 nitrogen and oxygen atoms in total. The molecule has 0 spiro atoms. The monoisotopic (exact) mass is 1020 g/mol. The molecule has 1 saturated heterocycles. The normalized spacial score (nSPS) is 15.1. The Morgan fingerprint density at radius 1 is 0.707 bits per heavy atom. The van der Waals surface area contributed by atoms with Gasteiger partial charge in [0.2, 0.25) is 23.6 Å². The van der Waals surface area contributed by atoms with Gasteiger partial charge in [-0.05, 0) is 60.5 Å². The van der Waals surface area contributed by atoms with Gasteiger partial charge in [-0.15, -0.1) is 0 Å². The average molecular weight is 1020 g/mol. The van der Waals surface area contributed by atoms with E-state index in [0.29, 0.717) is 66.6 Å². The molecule has 2 aliphatic heterocycles. The minimum Gasteiger partial charge on any atom is -0.459 e. The molecule has 4 aromatic carbocycles. The minimum absolute atomic E-state index is 0.0121. The van der Waals surface area contributed by atoms with Gasteiger partial charge < -0.3 is 43.7 Å². The SMILES string of the molecule is O=C1CCC(N2C(=O)c3cccc(NCCOCCOCCOCCOCCNC(=O)C(NC(=O)C(c4cccnc4)N(C(=O)c4ccco4)c4ccc5c(c4)oc4ccccc45)c4ccccc4)c3C2=O)C(=O)N1. The van der Waals surface area contributed by atoms with Gasteiger partial charge in [0.1, 0.15) is 29.3 Å². The second-order valence-electron chi connectivity index (χ2n) is 17.3. The standard InChI is InChI=1S/C55H53N7O13/c63-46-20-19-42(50(64)59-46)62-53(67)40-13-6-14-41(47(40)55(62)69)57-22-25-70-27-29-72-31-32-73-30-28-71-26-23-58-51(65)48(35-9-2-1-3-10-35)60-52(66)49(36-11-7-21-56-34-36)61(54(68)44-16-8-24-74-44)37-17-18-39-38-12-4-5-15-43(38)75-45(39)33-37/h1-18,21,24,33-34,42,48-49,57H,19-20,22-23,25-32H2,(H,58,65)(H,60,66)(H,59,63,64). The first kappa shape index (κ1) is 51.3. The third-order valence-electron chi connectivity index (χ3n) is 12.5. The van der Waals surface area contributed by atoms with E-state index >= 15 is 0 Å². The second kappa shape index (κ2) is 24.4. The molecule has 75 heavy (non-hydrogen) atoms. The summed E-state index contributed by atoms with van der Waals surface area (Å²) in [4.78, 5) is 100. The van der Waals surface area contributed by atoms with E-state index in [1.54, 1.807) is 79.0 Å². The third-order valence-corrected chi connectivity index (χ3v) is 12.5. The zero-order valence-corrected chi connectivity index (χ0v) is 40.6. The minimum atomic E-state index is -1.33. The lowest BCUT2D eigenvalue weighted by Gasteiger charge is -2.32. The van der Waals surface area contributed by atoms with Crippen molar-refractivity contribution < 1.29 is 61.3 Å². The van der Waals surface area contributed by atoms with Gasteiger partial charge in [-0.25, -0.2) is 0 Å². The van der Waals surface area contributed by atoms with E-state index in [1.807, 2.05) is 30.3 Å². The number of carbonyl (C=O) groups is 7. The molecular formula is C55H53N7O13. The Morgan fingerprint density at radius 3 is 2.13 bits per heavy atom. The van der Waals surface area contributed by atoms with Gasteiger partial charge in [0.05, 0.1) is 70.2 Å². The number of rotatable bonds is 25. The van der Waals surface area contributed by atoms with Crippen LogP contribution in [0.2, 0.25) is 0 Å². The summed E-state index contributed by atoms with van der Waals surface area (Å²) < 4.78 is 34.3. The quantitative estimate of drug-likeness (QED) is 0.0407. The fraction of sp³-hybridized carbons (Fsp3) is 0.273. The number of ether oxygens (including phenoxy) is 4. The number of imide groups is 2. The van der Waals surface area contributed by atoms with E-state index in [4.69, 9.17) is 27.8 Å². The van der Waals surface area contributed by atoms with Crippen molar-refractivity contribution in [1.29, 1.82) is 0 Å². The Morgan fingerprint density at radius 2 is 1.41 bits per heavy atom. The predicted octanol–water partition coefficient (Wildman–Crippen LogP) is 5.52. The Labute approximate surface area is 429 Å². The summed E-state index contributed by atoms with van der Waals surface area (Å²) in [6, 6.07) is 29.4. The number of amides is 7. The molecule has 2 aliphatic rings. The molecule has 0 bridgehead atoms. The molecule has 5 heterocycles. The molecule has 0 aliphatic carbocycles. The van der Waals surface area contributed by atoms with Crippen LogP contribution in [-0.4, -0.2) is 123 Å². The van der Waals surface area contributed by atoms with Crippen molar-refractivity contribution in [3.63, 3.8) is 0 Å². The van der Waals surface area contributed by atoms with Gasteiger partial charge in [0.25, 0.3) is 17.7 Å². The largest absolute Gasteiger partial charge is 0.459 e. The van der Waals surface area contributed by atoms with Crippen LogP contribution in [0, 0.1) is 0 Å². The van der Waals surface area contributed by atoms with E-state index in [0.717, 1.165) is 15.7 Å². The number of carbonyl (C=O) groups excluding carboxylic acids is 7. The third kappa shape index (κ3) is 12.0. The maximum atomic E-state index is 14.8. The molecule has 9 rings (SSSR count). The maximum Gasteiger partial charge on any atom is 0.294 e. The summed E-state index contributed by atoms with van der Waals surface area (Å²) in [6.45, 7) is 2.65. The van der Waals surface area contributed by atoms with E-state index in [9.17, 15) is 33.6 Å². The van der Waals surface area contributed by atoms with E-state index < -0.39 is 59.5 Å². The number of para-hydroxylation sites is 1. The molecule has 0 radical (unpaired) electrons. The van der Waals surface area contributed by atoms with Crippen LogP contribution in [0.25, 0.3) is 21.9 Å². The summed E-state index contributed by atoms with van der Waals surface area (Å²) in [7, 11) is 0. The van der Waals surface area contributed by atoms with E-state index in [-0.39, 0.29) is 62.7 Å². The van der Waals surface area contributed by atoms with Crippen LogP contribution in [0.3, 0.4) is 0 Å². The highest BCUT2D eigenvalue weighted by Crippen LogP contribution is 2.37. The predicted molar refractivity (Wildman–Crippen MR) is 271 cm³/mol. The van der Waals surface area contributed by atoms with Gasteiger partial charge in [-0.3, -0.25) is 53.7 Å². The lowest BCUT2D eigenvalue weighted by atomic mass is 10.0. The first-order valence-corrected chi connectivity index (χ1v) is 24.4. The highest BCUT2D eigenvalue weighted by molar-refractivity contribution is 6.25. The van der Waals surface area contributed by atoms with Crippen LogP contribution in [0.4, 0.5) is 11.4 Å². The maximum absolute atomic E-state index is 14.8. The molecule has 20 heteroatoms. The van der Waals surface area contributed by atoms with E-state index in [1.165, 1.54) is 29.5 Å². The average Bonchev–Trinajstić information content (AvgIpc) is 4.20. The Bertz CT molecular complexity index is 3170. The number of fused-ring (bicyclic) bond motifs is 4. The molecule has 386 valence electrons. The number of hydrogen-bond acceptors (Lipinski definition) is 15. The van der Waals surface area contributed by atoms with Gasteiger partial charge in [-0.1, -0.05) is 60.7 Å². The van der Waals surface area contributed by atoms with Crippen LogP contribution in [0.5, 0.6) is 0 Å². The zero-order valence-electron chi connectivity index (χ0n) is 40.6. The summed E-state index contributed by atoms with van der Waals surface area (Å²) >= 11 is 0. The van der Waals surface area contributed by atoms with Gasteiger partial charge in [-0.2, -0.15) is 0 Å². The van der Waals surface area contributed by atoms with Crippen molar-refractivity contribution in [3.05, 3.63) is 162 Å². The molecule has 3 atom stereocenters. The van der Waals surface area contributed by atoms with Gasteiger partial charge >= 0.3 is 0 Å². The fourth-order valence-electron chi connectivity index (χ4n) is 8.92. The number of pyridine rings is 1. The lowest BCUT2D eigenvalue weighted by Crippen LogP contribution is -2.54. The Hall–Kier alpha value is -8.56. The topological polar surface area (TPSA) is 250 Å². The van der Waals surface area contributed by atoms with Crippen molar-refractivity contribution in [1.82, 2.24) is 25.8 Å². The van der Waals surface area contributed by atoms with Crippen molar-refractivity contribution in [2.24, 2.45) is 0 Å². The van der Waals surface area contributed by atoms with Crippen molar-refractivity contribution in [2.75, 3.05) is 76.2 Å². The molecule has 0 saturated carbocycles. The second-order valence-corrected chi connectivity index (χ2v) is 17.3. The smallest absolute Gasteiger partial charge is 0.294 e. The van der Waals surface area contributed by atoms with Crippen LogP contribution in [0.1, 0.15) is 67.3 Å². The number of aromatic nitrogens is 1. The van der Waals surface area contributed by atoms with Gasteiger partial charge in [0, 0.05) is 65.7 Å². The van der Waals surface area contributed by atoms with Crippen LogP contribution >= 0.6 is 0 Å². The number of anilines is 2. The first-order valence-electron chi connectivity index (χ1n) is 24.4. The number of piperidine rings is 1. The zero-order chi connectivity index (χ0) is 52.1. The van der Waals surface area contributed by atoms with Crippen LogP contribution < -0.4 is 26.2 Å². The molecule has 7 amide bonds. The summed E-state index contributed by atoms with van der Waals surface area (Å²) in [5.41, 5.74) is 3.20. The van der Waals surface area contributed by atoms with Crippen molar-refractivity contribution >= 4 is 74.7 Å². The summed E-state index contributed by atoms with van der Waals surface area (Å²) in [5.74, 6) is -4.06. The first-order chi connectivity index (χ1) is 36.7. The van der Waals surface area contributed by atoms with Crippen molar-refractivity contribution in [2.45, 2.75) is 31.0 Å². The van der Waals surface area contributed by atoms with Gasteiger partial charge in [0.15, 0.2) is 5.76 Å². The number of nitrogens with one attached hydrogen (secondary N) is 4. The van der Waals surface area contributed by atoms with Crippen molar-refractivity contribution in [3.8, 4) is 0 Å². The van der Waals surface area contributed by atoms with Crippen LogP contribution in [-0.2, 0) is 38.1 Å². The highest BCUT2D eigenvalue weighted by atomic mass is 16.6. The lowest BCUT2D eigenvalue weighted by molar-refractivity contribution is -0.136. The van der Waals surface area contributed by atoms with E-state index in [2.05, 4.69) is 26.3 Å².